The van der Waals surface area contributed by atoms with Gasteiger partial charge < -0.3 is 5.11 Å². The van der Waals surface area contributed by atoms with Crippen molar-refractivity contribution in [3.63, 3.8) is 0 Å². The van der Waals surface area contributed by atoms with Gasteiger partial charge in [0.05, 0.1) is 6.10 Å². The molecule has 4 aliphatic rings. The van der Waals surface area contributed by atoms with E-state index < -0.39 is 0 Å². The molecular weight excluding hydrogens is 304 g/mol. The monoisotopic (exact) mass is 344 g/mol. The Morgan fingerprint density at radius 2 is 2.00 bits per heavy atom. The number of hydrogen-bond acceptors (Lipinski definition) is 1. The zero-order valence-corrected chi connectivity index (χ0v) is 16.8. The Morgan fingerprint density at radius 1 is 1.16 bits per heavy atom. The second-order valence-corrected chi connectivity index (χ2v) is 10.3. The maximum absolute atomic E-state index is 10.1. The molecule has 8 atom stereocenters. The third-order valence-electron chi connectivity index (χ3n) is 9.19. The molecule has 0 saturated heterocycles. The van der Waals surface area contributed by atoms with Crippen LogP contribution in [0, 0.1) is 40.9 Å². The molecular formula is C24H40O. The Bertz CT molecular complexity index is 508. The van der Waals surface area contributed by atoms with Gasteiger partial charge in [0.25, 0.3) is 0 Å². The third-order valence-corrected chi connectivity index (χ3v) is 9.19. The van der Waals surface area contributed by atoms with Crippen LogP contribution in [0.4, 0.5) is 0 Å². The van der Waals surface area contributed by atoms with E-state index in [1.807, 2.05) is 0 Å². The third kappa shape index (κ3) is 3.03. The van der Waals surface area contributed by atoms with Crippen molar-refractivity contribution in [2.45, 2.75) is 97.5 Å². The van der Waals surface area contributed by atoms with Crippen molar-refractivity contribution in [1.29, 1.82) is 0 Å². The highest BCUT2D eigenvalue weighted by atomic mass is 16.3. The van der Waals surface area contributed by atoms with Crippen LogP contribution in [0.1, 0.15) is 91.4 Å². The molecule has 0 bridgehead atoms. The Hall–Kier alpha value is -0.300. The molecule has 1 N–H and O–H groups in total. The minimum atomic E-state index is -0.0526. The van der Waals surface area contributed by atoms with E-state index in [9.17, 15) is 5.11 Å². The SMILES string of the molecule is CCCC[C@@H](C)[C@H]1CCC2C3CC=C4C[C@@H](O)CC[C@@H]4C3CC[C@@]21C. The average Bonchev–Trinajstić information content (AvgIpc) is 2.96. The van der Waals surface area contributed by atoms with Crippen molar-refractivity contribution in [2.24, 2.45) is 40.9 Å². The normalized spacial score (nSPS) is 47.4. The zero-order chi connectivity index (χ0) is 17.6. The summed E-state index contributed by atoms with van der Waals surface area (Å²) in [5.74, 6) is 5.59. The van der Waals surface area contributed by atoms with E-state index in [1.54, 1.807) is 5.57 Å². The fourth-order valence-electron chi connectivity index (χ4n) is 7.95. The van der Waals surface area contributed by atoms with Crippen molar-refractivity contribution in [2.75, 3.05) is 0 Å². The van der Waals surface area contributed by atoms with Crippen LogP contribution in [0.5, 0.6) is 0 Å². The molecule has 0 spiro atoms. The van der Waals surface area contributed by atoms with Crippen LogP contribution in [0.15, 0.2) is 11.6 Å². The molecule has 142 valence electrons. The van der Waals surface area contributed by atoms with E-state index in [0.717, 1.165) is 48.3 Å². The first-order chi connectivity index (χ1) is 12.0. The number of fused-ring (bicyclic) bond motifs is 5. The van der Waals surface area contributed by atoms with Crippen LogP contribution in [-0.4, -0.2) is 11.2 Å². The van der Waals surface area contributed by atoms with Gasteiger partial charge in [0.2, 0.25) is 0 Å². The molecule has 0 aromatic rings. The van der Waals surface area contributed by atoms with Crippen LogP contribution in [0.3, 0.4) is 0 Å². The first-order valence-corrected chi connectivity index (χ1v) is 11.4. The topological polar surface area (TPSA) is 20.2 Å². The number of aliphatic hydroxyl groups is 1. The van der Waals surface area contributed by atoms with E-state index in [2.05, 4.69) is 26.8 Å². The Kier molecular flexibility index (Phi) is 5.08. The highest BCUT2D eigenvalue weighted by Gasteiger charge is 2.56. The standard InChI is InChI=1S/C24H40O/c1-4-5-6-16(2)22-11-12-23-21-9-7-17-15-18(25)8-10-19(17)20(21)13-14-24(22,23)3/h7,16,18-23,25H,4-6,8-15H2,1-3H3/t16-,18+,19+,20?,21?,22-,23?,24-/m1/s1. The van der Waals surface area contributed by atoms with Crippen molar-refractivity contribution < 1.29 is 5.11 Å². The Labute approximate surface area is 155 Å². The first-order valence-electron chi connectivity index (χ1n) is 11.4. The Balaban J connectivity index is 1.52. The molecule has 0 heterocycles. The lowest BCUT2D eigenvalue weighted by atomic mass is 9.51. The van der Waals surface area contributed by atoms with Gasteiger partial charge >= 0.3 is 0 Å². The molecule has 25 heavy (non-hydrogen) atoms. The molecule has 3 unspecified atom stereocenters. The van der Waals surface area contributed by atoms with Crippen molar-refractivity contribution >= 4 is 0 Å². The van der Waals surface area contributed by atoms with Gasteiger partial charge in [0, 0.05) is 0 Å². The van der Waals surface area contributed by atoms with Gasteiger partial charge in [-0.15, -0.1) is 0 Å². The minimum absolute atomic E-state index is 0.0526. The van der Waals surface area contributed by atoms with Crippen molar-refractivity contribution in [1.82, 2.24) is 0 Å². The highest BCUT2D eigenvalue weighted by molar-refractivity contribution is 5.20. The van der Waals surface area contributed by atoms with Crippen LogP contribution in [-0.2, 0) is 0 Å². The number of aliphatic hydroxyl groups excluding tert-OH is 1. The molecule has 4 rings (SSSR count). The molecule has 0 aliphatic heterocycles. The Morgan fingerprint density at radius 3 is 2.80 bits per heavy atom. The molecule has 1 heteroatoms. The smallest absolute Gasteiger partial charge is 0.0577 e. The fraction of sp³-hybridized carbons (Fsp3) is 0.917. The van der Waals surface area contributed by atoms with E-state index >= 15 is 0 Å². The van der Waals surface area contributed by atoms with E-state index in [4.69, 9.17) is 0 Å². The molecule has 0 aromatic heterocycles. The van der Waals surface area contributed by atoms with Gasteiger partial charge in [-0.2, -0.15) is 0 Å². The second-order valence-electron chi connectivity index (χ2n) is 10.3. The fourth-order valence-corrected chi connectivity index (χ4v) is 7.95. The molecule has 1 nitrogen and oxygen atoms in total. The quantitative estimate of drug-likeness (QED) is 0.588. The summed E-state index contributed by atoms with van der Waals surface area (Å²) in [6.07, 6.45) is 17.3. The lowest BCUT2D eigenvalue weighted by Crippen LogP contribution is -2.47. The molecule has 4 aliphatic carbocycles. The van der Waals surface area contributed by atoms with E-state index in [-0.39, 0.29) is 6.10 Å². The maximum atomic E-state index is 10.1. The number of hydrogen-bond donors (Lipinski definition) is 1. The predicted octanol–water partition coefficient (Wildman–Crippen LogP) is 6.36. The van der Waals surface area contributed by atoms with Gasteiger partial charge in [-0.25, -0.2) is 0 Å². The van der Waals surface area contributed by atoms with E-state index in [0.29, 0.717) is 5.41 Å². The molecule has 3 fully saturated rings. The molecule has 0 aromatic carbocycles. The van der Waals surface area contributed by atoms with Gasteiger partial charge in [0.1, 0.15) is 0 Å². The molecule has 0 radical (unpaired) electrons. The predicted molar refractivity (Wildman–Crippen MR) is 105 cm³/mol. The summed E-state index contributed by atoms with van der Waals surface area (Å²) >= 11 is 0. The summed E-state index contributed by atoms with van der Waals surface area (Å²) in [4.78, 5) is 0. The number of unbranched alkanes of at least 4 members (excludes halogenated alkanes) is 1. The van der Waals surface area contributed by atoms with Gasteiger partial charge in [0.15, 0.2) is 0 Å². The van der Waals surface area contributed by atoms with Crippen LogP contribution in [0.25, 0.3) is 0 Å². The van der Waals surface area contributed by atoms with Gasteiger partial charge in [-0.1, -0.05) is 51.7 Å². The highest BCUT2D eigenvalue weighted by Crippen LogP contribution is 2.64. The molecule has 0 amide bonds. The number of allylic oxidation sites excluding steroid dienone is 1. The average molecular weight is 345 g/mol. The van der Waals surface area contributed by atoms with Crippen molar-refractivity contribution in [3.8, 4) is 0 Å². The minimum Gasteiger partial charge on any atom is -0.393 e. The van der Waals surface area contributed by atoms with E-state index in [1.165, 1.54) is 57.8 Å². The largest absolute Gasteiger partial charge is 0.393 e. The van der Waals surface area contributed by atoms with Gasteiger partial charge in [-0.05, 0) is 92.3 Å². The maximum Gasteiger partial charge on any atom is 0.0577 e. The van der Waals surface area contributed by atoms with Crippen LogP contribution in [0.2, 0.25) is 0 Å². The summed E-state index contributed by atoms with van der Waals surface area (Å²) in [6.45, 7) is 7.57. The summed E-state index contributed by atoms with van der Waals surface area (Å²) in [7, 11) is 0. The summed E-state index contributed by atoms with van der Waals surface area (Å²) < 4.78 is 0. The summed E-state index contributed by atoms with van der Waals surface area (Å²) in [5, 5.41) is 10.1. The number of rotatable bonds is 4. The summed E-state index contributed by atoms with van der Waals surface area (Å²) in [6, 6.07) is 0. The van der Waals surface area contributed by atoms with Crippen LogP contribution >= 0.6 is 0 Å². The lowest BCUT2D eigenvalue weighted by Gasteiger charge is -2.54. The van der Waals surface area contributed by atoms with Gasteiger partial charge in [-0.3, -0.25) is 0 Å². The first kappa shape index (κ1) is 18.1. The lowest BCUT2D eigenvalue weighted by molar-refractivity contribution is -0.0294. The zero-order valence-electron chi connectivity index (χ0n) is 16.8. The van der Waals surface area contributed by atoms with Crippen LogP contribution < -0.4 is 0 Å². The van der Waals surface area contributed by atoms with Crippen molar-refractivity contribution in [3.05, 3.63) is 11.6 Å². The summed E-state index contributed by atoms with van der Waals surface area (Å²) in [5.41, 5.74) is 2.25. The second kappa shape index (κ2) is 7.02. The molecule has 3 saturated carbocycles.